The zero-order valence-corrected chi connectivity index (χ0v) is 20.9. The number of nitrogens with zero attached hydrogens (tertiary/aromatic N) is 3. The van der Waals surface area contributed by atoms with E-state index in [2.05, 4.69) is 29.3 Å². The van der Waals surface area contributed by atoms with Gasteiger partial charge < -0.3 is 15.0 Å². The second kappa shape index (κ2) is 13.5. The quantitative estimate of drug-likeness (QED) is 0.399. The van der Waals surface area contributed by atoms with Crippen molar-refractivity contribution in [2.45, 2.75) is 33.6 Å². The number of amides is 1. The Bertz CT molecular complexity index is 1100. The van der Waals surface area contributed by atoms with E-state index >= 15 is 0 Å². The van der Waals surface area contributed by atoms with E-state index in [9.17, 15) is 18.0 Å². The molecule has 1 aromatic heterocycles. The van der Waals surface area contributed by atoms with Crippen molar-refractivity contribution in [3.05, 3.63) is 65.6 Å². The molecular weight excluding hydrogens is 457 g/mol. The maximum atomic E-state index is 14.2. The van der Waals surface area contributed by atoms with Crippen LogP contribution in [0.4, 0.5) is 18.9 Å². The molecule has 0 aliphatic carbocycles. The average Bonchev–Trinajstić information content (AvgIpc) is 3.17. The van der Waals surface area contributed by atoms with Gasteiger partial charge in [0, 0.05) is 37.3 Å². The molecule has 6 nitrogen and oxygen atoms in total. The van der Waals surface area contributed by atoms with Gasteiger partial charge in [0.2, 0.25) is 5.91 Å². The molecule has 0 atom stereocenters. The molecule has 190 valence electrons. The lowest BCUT2D eigenvalue weighted by Gasteiger charge is -2.16. The minimum atomic E-state index is -0.530. The summed E-state index contributed by atoms with van der Waals surface area (Å²) < 4.78 is 46.1. The van der Waals surface area contributed by atoms with Gasteiger partial charge in [-0.15, -0.1) is 0 Å². The van der Waals surface area contributed by atoms with E-state index in [1.807, 2.05) is 0 Å². The molecule has 1 N–H and O–H groups in total. The van der Waals surface area contributed by atoms with Crippen LogP contribution in [-0.2, 0) is 11.8 Å². The van der Waals surface area contributed by atoms with Crippen LogP contribution in [0.3, 0.4) is 0 Å². The summed E-state index contributed by atoms with van der Waals surface area (Å²) in [6.07, 6.45) is 2.41. The summed E-state index contributed by atoms with van der Waals surface area (Å²) in [4.78, 5) is 13.9. The molecule has 0 unspecified atom stereocenters. The first-order chi connectivity index (χ1) is 16.7. The van der Waals surface area contributed by atoms with Crippen molar-refractivity contribution < 1.29 is 22.7 Å². The van der Waals surface area contributed by atoms with Crippen LogP contribution in [0.2, 0.25) is 0 Å². The third-order valence-electron chi connectivity index (χ3n) is 5.35. The van der Waals surface area contributed by atoms with Gasteiger partial charge in [0.1, 0.15) is 23.1 Å². The van der Waals surface area contributed by atoms with E-state index in [1.165, 1.54) is 23.0 Å². The number of hydrogen-bond donors (Lipinski definition) is 1. The van der Waals surface area contributed by atoms with Crippen LogP contribution in [-0.4, -0.2) is 47.3 Å². The van der Waals surface area contributed by atoms with E-state index < -0.39 is 17.5 Å². The van der Waals surface area contributed by atoms with Crippen LogP contribution < -0.4 is 10.1 Å². The highest BCUT2D eigenvalue weighted by molar-refractivity contribution is 5.91. The largest absolute Gasteiger partial charge is 0.493 e. The Morgan fingerprint density at radius 3 is 2.43 bits per heavy atom. The number of carbonyl (C=O) groups excluding carboxylic acids is 1. The second-order valence-corrected chi connectivity index (χ2v) is 8.07. The van der Waals surface area contributed by atoms with Gasteiger partial charge in [-0.05, 0) is 56.8 Å². The standard InChI is InChI=1S/C19H27FN4O2.C7H6F2/c1-5-18(25)22-14-8-9-17(26-11-7-10-23(3)6-2)15(12-14)19-16(20)13-21-24(19)4;1-5-2-3-6(8)4-7(5)9/h8-9,12-13H,5-7,10-11H2,1-4H3,(H,22,25);2-4H,1H3. The fourth-order valence-electron chi connectivity index (χ4n) is 3.12. The number of aryl methyl sites for hydroxylation is 2. The number of benzene rings is 2. The normalized spacial score (nSPS) is 10.7. The molecule has 0 spiro atoms. The molecular formula is C26H33F3N4O2. The van der Waals surface area contributed by atoms with Crippen molar-refractivity contribution in [1.29, 1.82) is 0 Å². The lowest BCUT2D eigenvalue weighted by atomic mass is 10.1. The Morgan fingerprint density at radius 1 is 1.11 bits per heavy atom. The number of carbonyl (C=O) groups is 1. The molecule has 1 amide bonds. The smallest absolute Gasteiger partial charge is 0.224 e. The third kappa shape index (κ3) is 8.43. The predicted molar refractivity (Wildman–Crippen MR) is 132 cm³/mol. The summed E-state index contributed by atoms with van der Waals surface area (Å²) in [7, 11) is 3.73. The maximum Gasteiger partial charge on any atom is 0.224 e. The maximum absolute atomic E-state index is 14.2. The SMILES string of the molecule is CCC(=O)Nc1ccc(OCCCN(C)CC)c(-c2c(F)cnn2C)c1.Cc1ccc(F)cc1F. The fraction of sp³-hybridized carbons (Fsp3) is 0.385. The number of rotatable bonds is 9. The Balaban J connectivity index is 0.000000402. The van der Waals surface area contributed by atoms with E-state index in [1.54, 1.807) is 39.1 Å². The molecule has 0 aliphatic rings. The topological polar surface area (TPSA) is 59.4 Å². The number of anilines is 1. The molecule has 0 saturated heterocycles. The second-order valence-electron chi connectivity index (χ2n) is 8.07. The lowest BCUT2D eigenvalue weighted by molar-refractivity contribution is -0.115. The minimum Gasteiger partial charge on any atom is -0.493 e. The third-order valence-corrected chi connectivity index (χ3v) is 5.35. The van der Waals surface area contributed by atoms with Gasteiger partial charge in [-0.25, -0.2) is 13.2 Å². The Morgan fingerprint density at radius 2 is 1.86 bits per heavy atom. The highest BCUT2D eigenvalue weighted by Crippen LogP contribution is 2.34. The molecule has 35 heavy (non-hydrogen) atoms. The van der Waals surface area contributed by atoms with Crippen LogP contribution in [0.1, 0.15) is 32.3 Å². The van der Waals surface area contributed by atoms with Gasteiger partial charge in [-0.2, -0.15) is 5.10 Å². The summed E-state index contributed by atoms with van der Waals surface area (Å²) in [6, 6.07) is 8.76. The molecule has 9 heteroatoms. The van der Waals surface area contributed by atoms with E-state index in [-0.39, 0.29) is 5.91 Å². The highest BCUT2D eigenvalue weighted by atomic mass is 19.1. The van der Waals surface area contributed by atoms with Crippen molar-refractivity contribution in [3.8, 4) is 17.0 Å². The Labute approximate surface area is 204 Å². The molecule has 3 aromatic rings. The summed E-state index contributed by atoms with van der Waals surface area (Å²) in [5.74, 6) is -0.978. The van der Waals surface area contributed by atoms with Crippen LogP contribution in [0.5, 0.6) is 5.75 Å². The van der Waals surface area contributed by atoms with E-state index in [0.29, 0.717) is 41.3 Å². The van der Waals surface area contributed by atoms with E-state index in [4.69, 9.17) is 4.74 Å². The number of ether oxygens (including phenoxy) is 1. The molecule has 0 bridgehead atoms. The fourth-order valence-corrected chi connectivity index (χ4v) is 3.12. The highest BCUT2D eigenvalue weighted by Gasteiger charge is 2.17. The van der Waals surface area contributed by atoms with Crippen molar-refractivity contribution in [2.24, 2.45) is 7.05 Å². The average molecular weight is 491 g/mol. The zero-order valence-electron chi connectivity index (χ0n) is 20.9. The van der Waals surface area contributed by atoms with Crippen molar-refractivity contribution >= 4 is 11.6 Å². The predicted octanol–water partition coefficient (Wildman–Crippen LogP) is 5.57. The summed E-state index contributed by atoms with van der Waals surface area (Å²) >= 11 is 0. The summed E-state index contributed by atoms with van der Waals surface area (Å²) in [5, 5.41) is 6.76. The first-order valence-corrected chi connectivity index (χ1v) is 11.5. The monoisotopic (exact) mass is 490 g/mol. The van der Waals surface area contributed by atoms with Crippen LogP contribution >= 0.6 is 0 Å². The van der Waals surface area contributed by atoms with Crippen LogP contribution in [0, 0.1) is 24.4 Å². The molecule has 3 rings (SSSR count). The molecule has 0 aliphatic heterocycles. The molecule has 0 fully saturated rings. The minimum absolute atomic E-state index is 0.0994. The van der Waals surface area contributed by atoms with Crippen LogP contribution in [0.25, 0.3) is 11.3 Å². The number of hydrogen-bond acceptors (Lipinski definition) is 4. The van der Waals surface area contributed by atoms with Gasteiger partial charge in [0.05, 0.1) is 12.8 Å². The number of nitrogens with one attached hydrogen (secondary N) is 1. The molecule has 0 saturated carbocycles. The number of aromatic nitrogens is 2. The molecule has 1 heterocycles. The summed E-state index contributed by atoms with van der Waals surface area (Å²) in [5.41, 5.74) is 1.97. The Kier molecular flexibility index (Phi) is 10.8. The lowest BCUT2D eigenvalue weighted by Crippen LogP contribution is -2.20. The summed E-state index contributed by atoms with van der Waals surface area (Å²) in [6.45, 7) is 7.91. The first kappa shape index (κ1) is 27.9. The van der Waals surface area contributed by atoms with Crippen molar-refractivity contribution in [1.82, 2.24) is 14.7 Å². The van der Waals surface area contributed by atoms with Gasteiger partial charge in [-0.1, -0.05) is 19.9 Å². The molecule has 0 radical (unpaired) electrons. The van der Waals surface area contributed by atoms with E-state index in [0.717, 1.165) is 25.6 Å². The van der Waals surface area contributed by atoms with Crippen LogP contribution in [0.15, 0.2) is 42.6 Å². The van der Waals surface area contributed by atoms with Gasteiger partial charge in [0.25, 0.3) is 0 Å². The van der Waals surface area contributed by atoms with Gasteiger partial charge in [0.15, 0.2) is 5.82 Å². The first-order valence-electron chi connectivity index (χ1n) is 11.5. The number of halogens is 3. The van der Waals surface area contributed by atoms with Crippen molar-refractivity contribution in [2.75, 3.05) is 32.1 Å². The zero-order chi connectivity index (χ0) is 26.0. The van der Waals surface area contributed by atoms with Crippen molar-refractivity contribution in [3.63, 3.8) is 0 Å². The Hall–Kier alpha value is -3.33. The molecule has 2 aromatic carbocycles. The van der Waals surface area contributed by atoms with Gasteiger partial charge in [-0.3, -0.25) is 9.48 Å². The van der Waals surface area contributed by atoms with Gasteiger partial charge >= 0.3 is 0 Å².